The molecular weight excluding hydrogens is 254 g/mol. The minimum Gasteiger partial charge on any atom is -0.347 e. The fraction of sp³-hybridized carbons (Fsp3) is 0.250. The van der Waals surface area contributed by atoms with E-state index in [2.05, 4.69) is 10.6 Å². The maximum Gasteiger partial charge on any atom is 0.240 e. The normalized spacial score (nSPS) is 11.2. The van der Waals surface area contributed by atoms with E-state index in [4.69, 9.17) is 16.9 Å². The summed E-state index contributed by atoms with van der Waals surface area (Å²) >= 11 is 5.81. The van der Waals surface area contributed by atoms with Gasteiger partial charge in [0.2, 0.25) is 11.8 Å². The summed E-state index contributed by atoms with van der Waals surface area (Å²) in [5.74, 6) is -0.738. The highest BCUT2D eigenvalue weighted by molar-refractivity contribution is 6.30. The van der Waals surface area contributed by atoms with Crippen molar-refractivity contribution in [2.45, 2.75) is 13.0 Å². The predicted molar refractivity (Wildman–Crippen MR) is 66.6 cm³/mol. The van der Waals surface area contributed by atoms with Gasteiger partial charge in [-0.3, -0.25) is 9.59 Å². The Kier molecular flexibility index (Phi) is 5.15. The monoisotopic (exact) mass is 265 g/mol. The van der Waals surface area contributed by atoms with Crippen LogP contribution in [0.15, 0.2) is 24.3 Å². The van der Waals surface area contributed by atoms with E-state index >= 15 is 0 Å². The van der Waals surface area contributed by atoms with Crippen LogP contribution in [0.25, 0.3) is 0 Å². The number of carbonyl (C=O) groups excluding carboxylic acids is 2. The van der Waals surface area contributed by atoms with Gasteiger partial charge < -0.3 is 10.6 Å². The Balaban J connectivity index is 2.66. The molecule has 18 heavy (non-hydrogen) atoms. The van der Waals surface area contributed by atoms with Gasteiger partial charge in [0.15, 0.2) is 0 Å². The number of nitrogens with zero attached hydrogens (tertiary/aromatic N) is 1. The average Bonchev–Trinajstić information content (AvgIpc) is 2.33. The molecule has 0 spiro atoms. The lowest BCUT2D eigenvalue weighted by molar-refractivity contribution is -0.125. The molecule has 94 valence electrons. The molecule has 0 saturated heterocycles. The van der Waals surface area contributed by atoms with Gasteiger partial charge in [-0.15, -0.1) is 0 Å². The van der Waals surface area contributed by atoms with Crippen molar-refractivity contribution in [1.82, 2.24) is 10.6 Å². The molecule has 2 amide bonds. The maximum absolute atomic E-state index is 11.5. The SMILES string of the molecule is CC(=O)NCC(=O)N[C@H](C#N)c1cccc(Cl)c1. The van der Waals surface area contributed by atoms with Gasteiger partial charge in [0, 0.05) is 11.9 Å². The van der Waals surface area contributed by atoms with Crippen LogP contribution >= 0.6 is 11.6 Å². The number of carbonyl (C=O) groups is 2. The largest absolute Gasteiger partial charge is 0.347 e. The molecule has 0 aliphatic carbocycles. The quantitative estimate of drug-likeness (QED) is 0.857. The average molecular weight is 266 g/mol. The highest BCUT2D eigenvalue weighted by Gasteiger charge is 2.13. The van der Waals surface area contributed by atoms with E-state index in [1.165, 1.54) is 6.92 Å². The van der Waals surface area contributed by atoms with Gasteiger partial charge in [0.05, 0.1) is 12.6 Å². The Morgan fingerprint density at radius 1 is 1.50 bits per heavy atom. The highest BCUT2D eigenvalue weighted by atomic mass is 35.5. The standard InChI is InChI=1S/C12H12ClN3O2/c1-8(17)15-7-12(18)16-11(6-14)9-3-2-4-10(13)5-9/h2-5,11H,7H2,1H3,(H,15,17)(H,16,18)/t11-/m1/s1. The van der Waals surface area contributed by atoms with E-state index in [1.807, 2.05) is 6.07 Å². The molecule has 2 N–H and O–H groups in total. The first kappa shape index (κ1) is 14.0. The van der Waals surface area contributed by atoms with Crippen molar-refractivity contribution in [1.29, 1.82) is 5.26 Å². The van der Waals surface area contributed by atoms with Gasteiger partial charge in [-0.25, -0.2) is 0 Å². The Bertz CT molecular complexity index is 496. The molecule has 1 rings (SSSR count). The van der Waals surface area contributed by atoms with Crippen LogP contribution in [0.4, 0.5) is 0 Å². The summed E-state index contributed by atoms with van der Waals surface area (Å²) in [6.07, 6.45) is 0. The molecule has 0 unspecified atom stereocenters. The van der Waals surface area contributed by atoms with Crippen LogP contribution in [0, 0.1) is 11.3 Å². The molecule has 0 aliphatic heterocycles. The summed E-state index contributed by atoms with van der Waals surface area (Å²) in [6.45, 7) is 1.15. The van der Waals surface area contributed by atoms with Crippen molar-refractivity contribution in [3.8, 4) is 6.07 Å². The number of rotatable bonds is 4. The third kappa shape index (κ3) is 4.44. The van der Waals surface area contributed by atoms with E-state index < -0.39 is 11.9 Å². The zero-order valence-electron chi connectivity index (χ0n) is 9.74. The summed E-state index contributed by atoms with van der Waals surface area (Å²) < 4.78 is 0. The Hall–Kier alpha value is -2.06. The van der Waals surface area contributed by atoms with Crippen molar-refractivity contribution in [3.05, 3.63) is 34.9 Å². The van der Waals surface area contributed by atoms with Crippen molar-refractivity contribution in [3.63, 3.8) is 0 Å². The molecule has 0 aromatic heterocycles. The zero-order chi connectivity index (χ0) is 13.5. The first-order chi connectivity index (χ1) is 8.52. The molecule has 1 aromatic rings. The zero-order valence-corrected chi connectivity index (χ0v) is 10.5. The molecule has 1 atom stereocenters. The van der Waals surface area contributed by atoms with Crippen LogP contribution in [0.2, 0.25) is 5.02 Å². The first-order valence-corrected chi connectivity index (χ1v) is 5.59. The van der Waals surface area contributed by atoms with Crippen molar-refractivity contribution in [2.75, 3.05) is 6.54 Å². The lowest BCUT2D eigenvalue weighted by Gasteiger charge is -2.12. The summed E-state index contributed by atoms with van der Waals surface area (Å²) in [5, 5.41) is 14.3. The lowest BCUT2D eigenvalue weighted by Crippen LogP contribution is -2.37. The van der Waals surface area contributed by atoms with Gasteiger partial charge in [0.1, 0.15) is 6.04 Å². The van der Waals surface area contributed by atoms with Crippen LogP contribution in [0.1, 0.15) is 18.5 Å². The number of nitriles is 1. The third-order valence-corrected chi connectivity index (χ3v) is 2.35. The number of halogens is 1. The van der Waals surface area contributed by atoms with E-state index in [1.54, 1.807) is 24.3 Å². The second-order valence-electron chi connectivity index (χ2n) is 3.59. The second-order valence-corrected chi connectivity index (χ2v) is 4.03. The van der Waals surface area contributed by atoms with E-state index in [0.29, 0.717) is 10.6 Å². The smallest absolute Gasteiger partial charge is 0.240 e. The molecule has 0 aliphatic rings. The van der Waals surface area contributed by atoms with Crippen LogP contribution < -0.4 is 10.6 Å². The molecule has 0 saturated carbocycles. The second kappa shape index (κ2) is 6.62. The lowest BCUT2D eigenvalue weighted by atomic mass is 10.1. The van der Waals surface area contributed by atoms with Gasteiger partial charge in [0.25, 0.3) is 0 Å². The maximum atomic E-state index is 11.5. The molecular formula is C12H12ClN3O2. The Morgan fingerprint density at radius 3 is 2.78 bits per heavy atom. The number of hydrogen-bond donors (Lipinski definition) is 2. The van der Waals surface area contributed by atoms with E-state index in [9.17, 15) is 9.59 Å². The van der Waals surface area contributed by atoms with E-state index in [-0.39, 0.29) is 12.5 Å². The summed E-state index contributed by atoms with van der Waals surface area (Å²) in [6, 6.07) is 7.85. The molecule has 5 nitrogen and oxygen atoms in total. The van der Waals surface area contributed by atoms with Crippen molar-refractivity contribution < 1.29 is 9.59 Å². The van der Waals surface area contributed by atoms with Gasteiger partial charge in [-0.05, 0) is 17.7 Å². The Labute approximate surface area is 110 Å². The minimum atomic E-state index is -0.787. The number of nitrogens with one attached hydrogen (secondary N) is 2. The molecule has 0 radical (unpaired) electrons. The molecule has 0 bridgehead atoms. The minimum absolute atomic E-state index is 0.159. The van der Waals surface area contributed by atoms with Gasteiger partial charge in [-0.2, -0.15) is 5.26 Å². The number of amides is 2. The number of hydrogen-bond acceptors (Lipinski definition) is 3. The summed E-state index contributed by atoms with van der Waals surface area (Å²) in [5.41, 5.74) is 0.598. The van der Waals surface area contributed by atoms with Crippen LogP contribution in [0.5, 0.6) is 0 Å². The first-order valence-electron chi connectivity index (χ1n) is 5.22. The molecule has 0 fully saturated rings. The van der Waals surface area contributed by atoms with E-state index in [0.717, 1.165) is 0 Å². The number of benzene rings is 1. The van der Waals surface area contributed by atoms with Crippen molar-refractivity contribution in [2.24, 2.45) is 0 Å². The summed E-state index contributed by atoms with van der Waals surface area (Å²) in [7, 11) is 0. The predicted octanol–water partition coefficient (Wildman–Crippen LogP) is 1.16. The fourth-order valence-corrected chi connectivity index (χ4v) is 1.49. The third-order valence-electron chi connectivity index (χ3n) is 2.11. The molecule has 6 heteroatoms. The van der Waals surface area contributed by atoms with Crippen LogP contribution in [0.3, 0.4) is 0 Å². The van der Waals surface area contributed by atoms with Gasteiger partial charge >= 0.3 is 0 Å². The summed E-state index contributed by atoms with van der Waals surface area (Å²) in [4.78, 5) is 22.1. The van der Waals surface area contributed by atoms with Crippen molar-refractivity contribution >= 4 is 23.4 Å². The molecule has 1 aromatic carbocycles. The molecule has 0 heterocycles. The van der Waals surface area contributed by atoms with Gasteiger partial charge in [-0.1, -0.05) is 23.7 Å². The highest BCUT2D eigenvalue weighted by Crippen LogP contribution is 2.17. The topological polar surface area (TPSA) is 82.0 Å². The fourth-order valence-electron chi connectivity index (χ4n) is 1.29. The van der Waals surface area contributed by atoms with Crippen LogP contribution in [-0.2, 0) is 9.59 Å². The Morgan fingerprint density at radius 2 is 2.22 bits per heavy atom. The van der Waals surface area contributed by atoms with Crippen LogP contribution in [-0.4, -0.2) is 18.4 Å².